The van der Waals surface area contributed by atoms with E-state index in [-0.39, 0.29) is 18.2 Å². The Kier molecular flexibility index (Phi) is 7.17. The predicted octanol–water partition coefficient (Wildman–Crippen LogP) is 2.13. The number of aryl methyl sites for hydroxylation is 1. The summed E-state index contributed by atoms with van der Waals surface area (Å²) in [6, 6.07) is 14.5. The molecule has 6 nitrogen and oxygen atoms in total. The van der Waals surface area contributed by atoms with Gasteiger partial charge in [0, 0.05) is 6.54 Å². The van der Waals surface area contributed by atoms with E-state index in [0.29, 0.717) is 24.5 Å². The van der Waals surface area contributed by atoms with Crippen molar-refractivity contribution in [2.45, 2.75) is 26.1 Å². The van der Waals surface area contributed by atoms with Crippen LogP contribution in [-0.4, -0.2) is 27.5 Å². The van der Waals surface area contributed by atoms with Gasteiger partial charge in [0.15, 0.2) is 0 Å². The third kappa shape index (κ3) is 6.50. The molecular weight excluding hydrogens is 352 g/mol. The van der Waals surface area contributed by atoms with Crippen molar-refractivity contribution in [3.05, 3.63) is 65.2 Å². The fourth-order valence-corrected chi connectivity index (χ4v) is 3.44. The quantitative estimate of drug-likeness (QED) is 0.702. The molecule has 7 heteroatoms. The molecule has 0 fully saturated rings. The highest BCUT2D eigenvalue weighted by Gasteiger charge is 2.13. The molecule has 26 heavy (non-hydrogen) atoms. The molecule has 2 rings (SSSR count). The monoisotopic (exact) mass is 376 g/mol. The normalized spacial score (nSPS) is 11.2. The van der Waals surface area contributed by atoms with Gasteiger partial charge in [-0.15, -0.1) is 0 Å². The van der Waals surface area contributed by atoms with E-state index in [0.717, 1.165) is 11.1 Å². The lowest BCUT2D eigenvalue weighted by molar-refractivity contribution is -0.120. The molecule has 0 aliphatic heterocycles. The summed E-state index contributed by atoms with van der Waals surface area (Å²) in [7, 11) is -3.60. The molecule has 0 aliphatic rings. The summed E-state index contributed by atoms with van der Waals surface area (Å²) < 4.78 is 31.9. The van der Waals surface area contributed by atoms with Crippen LogP contribution in [0.4, 0.5) is 0 Å². The summed E-state index contributed by atoms with van der Waals surface area (Å²) in [5.74, 6) is 0.130. The zero-order valence-corrected chi connectivity index (χ0v) is 15.8. The van der Waals surface area contributed by atoms with Gasteiger partial charge in [0.05, 0.1) is 18.9 Å². The number of sulfonamides is 1. The number of carbonyl (C=O) groups is 1. The van der Waals surface area contributed by atoms with Gasteiger partial charge in [0.2, 0.25) is 15.9 Å². The number of nitrogens with one attached hydrogen (secondary N) is 2. The van der Waals surface area contributed by atoms with Gasteiger partial charge in [0.25, 0.3) is 0 Å². The fourth-order valence-electron chi connectivity index (χ4n) is 2.36. The number of benzene rings is 2. The Labute approximate surface area is 154 Å². The van der Waals surface area contributed by atoms with Crippen molar-refractivity contribution >= 4 is 15.9 Å². The lowest BCUT2D eigenvalue weighted by Gasteiger charge is -2.10. The van der Waals surface area contributed by atoms with Crippen LogP contribution in [-0.2, 0) is 27.1 Å². The van der Waals surface area contributed by atoms with Crippen LogP contribution in [0.1, 0.15) is 23.6 Å². The number of amides is 1. The van der Waals surface area contributed by atoms with Crippen LogP contribution in [0.2, 0.25) is 0 Å². The van der Waals surface area contributed by atoms with E-state index in [1.165, 1.54) is 0 Å². The van der Waals surface area contributed by atoms with Crippen LogP contribution in [0.3, 0.4) is 0 Å². The molecule has 0 unspecified atom stereocenters. The van der Waals surface area contributed by atoms with E-state index in [1.54, 1.807) is 24.3 Å². The lowest BCUT2D eigenvalue weighted by atomic mass is 10.1. The van der Waals surface area contributed by atoms with Crippen molar-refractivity contribution in [1.29, 1.82) is 0 Å². The van der Waals surface area contributed by atoms with Gasteiger partial charge in [0.1, 0.15) is 5.75 Å². The summed E-state index contributed by atoms with van der Waals surface area (Å²) in [5.41, 5.74) is 2.70. The predicted molar refractivity (Wildman–Crippen MR) is 101 cm³/mol. The van der Waals surface area contributed by atoms with E-state index in [1.807, 2.05) is 38.1 Å². The van der Waals surface area contributed by atoms with Crippen molar-refractivity contribution in [2.24, 2.45) is 0 Å². The van der Waals surface area contributed by atoms with E-state index in [4.69, 9.17) is 4.74 Å². The highest BCUT2D eigenvalue weighted by Crippen LogP contribution is 2.13. The topological polar surface area (TPSA) is 84.5 Å². The summed E-state index contributed by atoms with van der Waals surface area (Å²) >= 11 is 0. The van der Waals surface area contributed by atoms with Gasteiger partial charge >= 0.3 is 0 Å². The second kappa shape index (κ2) is 9.35. The van der Waals surface area contributed by atoms with Gasteiger partial charge in [-0.25, -0.2) is 13.1 Å². The molecule has 0 aromatic heterocycles. The maximum absolute atomic E-state index is 12.1. The van der Waals surface area contributed by atoms with E-state index < -0.39 is 10.0 Å². The minimum Gasteiger partial charge on any atom is -0.494 e. The van der Waals surface area contributed by atoms with Crippen molar-refractivity contribution in [1.82, 2.24) is 10.0 Å². The maximum atomic E-state index is 12.1. The minimum atomic E-state index is -3.60. The summed E-state index contributed by atoms with van der Waals surface area (Å²) in [6.45, 7) is 4.47. The van der Waals surface area contributed by atoms with Crippen LogP contribution in [0, 0.1) is 6.92 Å². The van der Waals surface area contributed by atoms with Gasteiger partial charge < -0.3 is 10.1 Å². The summed E-state index contributed by atoms with van der Waals surface area (Å²) in [4.78, 5) is 11.9. The van der Waals surface area contributed by atoms with Crippen LogP contribution in [0.25, 0.3) is 0 Å². The number of hydrogen-bond acceptors (Lipinski definition) is 4. The Morgan fingerprint density at radius 2 is 1.77 bits per heavy atom. The van der Waals surface area contributed by atoms with Crippen LogP contribution >= 0.6 is 0 Å². The average molecular weight is 376 g/mol. The second-order valence-corrected chi connectivity index (χ2v) is 7.67. The Hall–Kier alpha value is -2.38. The number of hydrogen-bond donors (Lipinski definition) is 2. The minimum absolute atomic E-state index is 0.190. The highest BCUT2D eigenvalue weighted by molar-refractivity contribution is 7.88. The van der Waals surface area contributed by atoms with Crippen molar-refractivity contribution in [3.8, 4) is 5.75 Å². The number of rotatable bonds is 9. The Morgan fingerprint density at radius 1 is 1.08 bits per heavy atom. The van der Waals surface area contributed by atoms with Crippen molar-refractivity contribution in [3.63, 3.8) is 0 Å². The zero-order valence-electron chi connectivity index (χ0n) is 15.0. The third-order valence-electron chi connectivity index (χ3n) is 3.78. The van der Waals surface area contributed by atoms with E-state index in [9.17, 15) is 13.2 Å². The molecule has 140 valence electrons. The third-order valence-corrected chi connectivity index (χ3v) is 5.08. The first-order valence-electron chi connectivity index (χ1n) is 8.40. The average Bonchev–Trinajstić information content (AvgIpc) is 2.61. The van der Waals surface area contributed by atoms with Crippen molar-refractivity contribution < 1.29 is 17.9 Å². The largest absolute Gasteiger partial charge is 0.494 e. The number of carbonyl (C=O) groups excluding carboxylic acids is 1. The highest BCUT2D eigenvalue weighted by atomic mass is 32.2. The molecule has 0 atom stereocenters. The van der Waals surface area contributed by atoms with Crippen molar-refractivity contribution in [2.75, 3.05) is 13.2 Å². The lowest BCUT2D eigenvalue weighted by Crippen LogP contribution is -2.37. The molecule has 2 aromatic rings. The smallest absolute Gasteiger partial charge is 0.235 e. The summed E-state index contributed by atoms with van der Waals surface area (Å²) in [5, 5.41) is 2.72. The molecule has 0 spiro atoms. The van der Waals surface area contributed by atoms with Gasteiger partial charge in [-0.2, -0.15) is 0 Å². The van der Waals surface area contributed by atoms with Crippen LogP contribution in [0.15, 0.2) is 48.5 Å². The first-order chi connectivity index (χ1) is 12.4. The van der Waals surface area contributed by atoms with Crippen LogP contribution < -0.4 is 14.8 Å². The SMILES string of the molecule is CCOc1ccc(CS(=O)(=O)NCC(=O)NCc2ccccc2C)cc1. The van der Waals surface area contributed by atoms with E-state index in [2.05, 4.69) is 10.0 Å². The first kappa shape index (κ1) is 19.9. The Bertz CT molecular complexity index is 833. The van der Waals surface area contributed by atoms with Gasteiger partial charge in [-0.3, -0.25) is 4.79 Å². The number of ether oxygens (including phenoxy) is 1. The Morgan fingerprint density at radius 3 is 2.42 bits per heavy atom. The zero-order chi connectivity index (χ0) is 19.0. The van der Waals surface area contributed by atoms with Gasteiger partial charge in [-0.05, 0) is 42.7 Å². The molecular formula is C19H24N2O4S. The molecule has 0 saturated carbocycles. The molecule has 0 radical (unpaired) electrons. The maximum Gasteiger partial charge on any atom is 0.235 e. The molecule has 0 heterocycles. The molecule has 2 aromatic carbocycles. The molecule has 0 aliphatic carbocycles. The summed E-state index contributed by atoms with van der Waals surface area (Å²) in [6.07, 6.45) is 0. The van der Waals surface area contributed by atoms with E-state index >= 15 is 0 Å². The van der Waals surface area contributed by atoms with Gasteiger partial charge in [-0.1, -0.05) is 36.4 Å². The second-order valence-electron chi connectivity index (χ2n) is 5.86. The molecule has 1 amide bonds. The first-order valence-corrected chi connectivity index (χ1v) is 10.0. The Balaban J connectivity index is 1.81. The molecule has 0 saturated heterocycles. The standard InChI is InChI=1S/C19H24N2O4S/c1-3-25-18-10-8-16(9-11-18)14-26(23,24)21-13-19(22)20-12-17-7-5-4-6-15(17)2/h4-11,21H,3,12-14H2,1-2H3,(H,20,22). The fraction of sp³-hybridized carbons (Fsp3) is 0.316. The van der Waals surface area contributed by atoms with Crippen LogP contribution in [0.5, 0.6) is 5.75 Å². The molecule has 2 N–H and O–H groups in total. The molecule has 0 bridgehead atoms.